The fourth-order valence-corrected chi connectivity index (χ4v) is 2.37. The van der Waals surface area contributed by atoms with Crippen molar-refractivity contribution < 1.29 is 19.0 Å². The molecule has 0 aromatic heterocycles. The van der Waals surface area contributed by atoms with Crippen molar-refractivity contribution in [3.8, 4) is 0 Å². The third-order valence-corrected chi connectivity index (χ3v) is 3.19. The zero-order valence-electron chi connectivity index (χ0n) is 8.94. The number of hydrogen-bond donors (Lipinski definition) is 0. The van der Waals surface area contributed by atoms with Crippen LogP contribution in [0.25, 0.3) is 0 Å². The molecule has 0 N–H and O–H groups in total. The molecule has 86 valence electrons. The molecule has 2 heterocycles. The molecule has 1 atom stereocenters. The van der Waals surface area contributed by atoms with Crippen LogP contribution in [-0.4, -0.2) is 38.5 Å². The molecule has 0 radical (unpaired) electrons. The van der Waals surface area contributed by atoms with E-state index in [-0.39, 0.29) is 5.92 Å². The van der Waals surface area contributed by atoms with Gasteiger partial charge in [-0.2, -0.15) is 0 Å². The first-order chi connectivity index (χ1) is 7.37. The van der Waals surface area contributed by atoms with Crippen LogP contribution in [0.1, 0.15) is 25.7 Å². The largest absolute Gasteiger partial charge is 0.381 e. The summed E-state index contributed by atoms with van der Waals surface area (Å²) in [6.07, 6.45) is 4.24. The van der Waals surface area contributed by atoms with E-state index in [0.29, 0.717) is 32.8 Å². The number of hydrogen-bond acceptors (Lipinski definition) is 4. The van der Waals surface area contributed by atoms with Crippen molar-refractivity contribution in [2.24, 2.45) is 5.92 Å². The molecule has 0 aromatic carbocycles. The minimum absolute atomic E-state index is 0.286. The standard InChI is InChI=1S/C11H18O4/c12-5-2-1-3-10-9-13-6-4-11(10)14-7-8-15-11/h5,10H,1-4,6-9H2/t10-/m1/s1. The molecule has 2 fully saturated rings. The van der Waals surface area contributed by atoms with Gasteiger partial charge >= 0.3 is 0 Å². The topological polar surface area (TPSA) is 44.8 Å². The Hall–Kier alpha value is -0.450. The molecule has 4 heteroatoms. The molecule has 2 aliphatic heterocycles. The van der Waals surface area contributed by atoms with Crippen LogP contribution in [0, 0.1) is 5.92 Å². The Morgan fingerprint density at radius 3 is 2.80 bits per heavy atom. The average molecular weight is 214 g/mol. The highest BCUT2D eigenvalue weighted by Crippen LogP contribution is 2.37. The van der Waals surface area contributed by atoms with Gasteiger partial charge in [0.05, 0.1) is 26.4 Å². The van der Waals surface area contributed by atoms with E-state index in [1.807, 2.05) is 0 Å². The van der Waals surface area contributed by atoms with Gasteiger partial charge in [-0.3, -0.25) is 0 Å². The van der Waals surface area contributed by atoms with Crippen molar-refractivity contribution in [2.75, 3.05) is 26.4 Å². The minimum Gasteiger partial charge on any atom is -0.381 e. The molecule has 0 bridgehead atoms. The van der Waals surface area contributed by atoms with E-state index in [1.165, 1.54) is 0 Å². The van der Waals surface area contributed by atoms with Crippen molar-refractivity contribution in [3.63, 3.8) is 0 Å². The molecular formula is C11H18O4. The van der Waals surface area contributed by atoms with Crippen LogP contribution in [0.2, 0.25) is 0 Å². The summed E-state index contributed by atoms with van der Waals surface area (Å²) in [7, 11) is 0. The molecule has 2 rings (SSSR count). The molecular weight excluding hydrogens is 196 g/mol. The number of rotatable bonds is 4. The van der Waals surface area contributed by atoms with Crippen LogP contribution in [0.5, 0.6) is 0 Å². The van der Waals surface area contributed by atoms with Gasteiger partial charge in [-0.25, -0.2) is 0 Å². The second-order valence-corrected chi connectivity index (χ2v) is 4.13. The lowest BCUT2D eigenvalue weighted by molar-refractivity contribution is -0.241. The molecule has 0 saturated carbocycles. The van der Waals surface area contributed by atoms with Crippen LogP contribution < -0.4 is 0 Å². The average Bonchev–Trinajstić information content (AvgIpc) is 2.71. The van der Waals surface area contributed by atoms with E-state index >= 15 is 0 Å². The molecule has 0 aromatic rings. The molecule has 1 spiro atoms. The summed E-state index contributed by atoms with van der Waals surface area (Å²) in [6.45, 7) is 2.78. The first kappa shape index (κ1) is 11.0. The van der Waals surface area contributed by atoms with Gasteiger partial charge in [0.25, 0.3) is 0 Å². The van der Waals surface area contributed by atoms with Crippen molar-refractivity contribution in [2.45, 2.75) is 31.5 Å². The summed E-state index contributed by atoms with van der Waals surface area (Å²) in [4.78, 5) is 10.3. The summed E-state index contributed by atoms with van der Waals surface area (Å²) >= 11 is 0. The van der Waals surface area contributed by atoms with Gasteiger partial charge in [-0.15, -0.1) is 0 Å². The first-order valence-electron chi connectivity index (χ1n) is 5.67. The fraction of sp³-hybridized carbons (Fsp3) is 0.909. The second kappa shape index (κ2) is 5.05. The summed E-state index contributed by atoms with van der Waals surface area (Å²) in [5.41, 5.74) is 0. The Morgan fingerprint density at radius 1 is 1.27 bits per heavy atom. The van der Waals surface area contributed by atoms with E-state index in [0.717, 1.165) is 25.5 Å². The van der Waals surface area contributed by atoms with Crippen molar-refractivity contribution >= 4 is 6.29 Å². The van der Waals surface area contributed by atoms with Gasteiger partial charge in [0.1, 0.15) is 6.29 Å². The van der Waals surface area contributed by atoms with Crippen molar-refractivity contribution in [3.05, 3.63) is 0 Å². The smallest absolute Gasteiger partial charge is 0.175 e. The first-order valence-corrected chi connectivity index (χ1v) is 5.67. The normalized spacial score (nSPS) is 29.5. The number of aldehydes is 1. The summed E-state index contributed by atoms with van der Waals surface area (Å²) in [5.74, 6) is -0.116. The lowest BCUT2D eigenvalue weighted by Gasteiger charge is -2.39. The van der Waals surface area contributed by atoms with Crippen LogP contribution >= 0.6 is 0 Å². The maximum atomic E-state index is 10.3. The predicted molar refractivity (Wildman–Crippen MR) is 53.5 cm³/mol. The van der Waals surface area contributed by atoms with E-state index in [1.54, 1.807) is 0 Å². The monoisotopic (exact) mass is 214 g/mol. The summed E-state index contributed by atoms with van der Waals surface area (Å²) < 4.78 is 16.9. The lowest BCUT2D eigenvalue weighted by atomic mass is 9.89. The van der Waals surface area contributed by atoms with Gasteiger partial charge in [0.15, 0.2) is 5.79 Å². The number of ether oxygens (including phenoxy) is 3. The van der Waals surface area contributed by atoms with Crippen LogP contribution in [-0.2, 0) is 19.0 Å². The number of unbranched alkanes of at least 4 members (excludes halogenated alkanes) is 1. The zero-order chi connectivity index (χ0) is 10.6. The van der Waals surface area contributed by atoms with Gasteiger partial charge < -0.3 is 19.0 Å². The number of carbonyl (C=O) groups is 1. The van der Waals surface area contributed by atoms with Gasteiger partial charge in [0, 0.05) is 18.8 Å². The maximum Gasteiger partial charge on any atom is 0.175 e. The quantitative estimate of drug-likeness (QED) is 0.520. The van der Waals surface area contributed by atoms with E-state index < -0.39 is 5.79 Å². The molecule has 15 heavy (non-hydrogen) atoms. The molecule has 0 aliphatic carbocycles. The minimum atomic E-state index is -0.402. The second-order valence-electron chi connectivity index (χ2n) is 4.13. The van der Waals surface area contributed by atoms with Gasteiger partial charge in [-0.1, -0.05) is 0 Å². The highest BCUT2D eigenvalue weighted by Gasteiger charge is 2.45. The van der Waals surface area contributed by atoms with Gasteiger partial charge in [0.2, 0.25) is 0 Å². The fourth-order valence-electron chi connectivity index (χ4n) is 2.37. The Labute approximate surface area is 89.9 Å². The van der Waals surface area contributed by atoms with Crippen LogP contribution in [0.15, 0.2) is 0 Å². The molecule has 2 saturated heterocycles. The zero-order valence-corrected chi connectivity index (χ0v) is 8.94. The lowest BCUT2D eigenvalue weighted by Crippen LogP contribution is -2.46. The van der Waals surface area contributed by atoms with Crippen LogP contribution in [0.4, 0.5) is 0 Å². The molecule has 2 aliphatic rings. The van der Waals surface area contributed by atoms with Crippen molar-refractivity contribution in [1.29, 1.82) is 0 Å². The van der Waals surface area contributed by atoms with E-state index in [9.17, 15) is 4.79 Å². The number of carbonyl (C=O) groups excluding carboxylic acids is 1. The summed E-state index contributed by atoms with van der Waals surface area (Å²) in [6, 6.07) is 0. The van der Waals surface area contributed by atoms with E-state index in [2.05, 4.69) is 0 Å². The molecule has 0 amide bonds. The summed E-state index contributed by atoms with van der Waals surface area (Å²) in [5, 5.41) is 0. The Morgan fingerprint density at radius 2 is 2.07 bits per heavy atom. The van der Waals surface area contributed by atoms with E-state index in [4.69, 9.17) is 14.2 Å². The Balaban J connectivity index is 1.90. The molecule has 0 unspecified atom stereocenters. The maximum absolute atomic E-state index is 10.3. The highest BCUT2D eigenvalue weighted by atomic mass is 16.7. The molecule has 4 nitrogen and oxygen atoms in total. The Kier molecular flexibility index (Phi) is 3.72. The predicted octanol–water partition coefficient (Wildman–Crippen LogP) is 1.14. The Bertz CT molecular complexity index is 211. The third kappa shape index (κ3) is 2.38. The third-order valence-electron chi connectivity index (χ3n) is 3.19. The van der Waals surface area contributed by atoms with Crippen molar-refractivity contribution in [1.82, 2.24) is 0 Å². The highest BCUT2D eigenvalue weighted by molar-refractivity contribution is 5.48. The van der Waals surface area contributed by atoms with Crippen LogP contribution in [0.3, 0.4) is 0 Å². The van der Waals surface area contributed by atoms with Gasteiger partial charge in [-0.05, 0) is 12.8 Å². The SMILES string of the molecule is O=CCCC[C@@H]1COCCC12OCCO2.